The average Bonchev–Trinajstić information content (AvgIpc) is 2.46. The smallest absolute Gasteiger partial charge is 0.00141 e. The summed E-state index contributed by atoms with van der Waals surface area (Å²) in [5.74, 6) is 0. The second kappa shape index (κ2) is 4.05. The Morgan fingerprint density at radius 2 is 1.21 bits per heavy atom. The van der Waals surface area contributed by atoms with Gasteiger partial charge >= 0.3 is 0 Å². The van der Waals surface area contributed by atoms with Crippen LogP contribution in [0.1, 0.15) is 0 Å². The summed E-state index contributed by atoms with van der Waals surface area (Å²) in [5, 5.41) is 1.26. The molecule has 0 fully saturated rings. The molecule has 0 aliphatic heterocycles. The van der Waals surface area contributed by atoms with Gasteiger partial charge in [-0.2, -0.15) is 0 Å². The van der Waals surface area contributed by atoms with Gasteiger partial charge < -0.3 is 0 Å². The molecule has 0 spiro atoms. The molecule has 0 heterocycles. The van der Waals surface area contributed by atoms with Crippen molar-refractivity contribution in [3.63, 3.8) is 0 Å². The molecule has 0 saturated carbocycles. The topological polar surface area (TPSA) is 0 Å². The Hall–Kier alpha value is -1.91. The molecule has 4 rings (SSSR count). The fourth-order valence-corrected chi connectivity index (χ4v) is 3.32. The lowest BCUT2D eigenvalue weighted by atomic mass is 9.76. The van der Waals surface area contributed by atoms with Crippen molar-refractivity contribution in [1.29, 1.82) is 0 Å². The Labute approximate surface area is 115 Å². The van der Waals surface area contributed by atoms with E-state index in [1.807, 2.05) is 0 Å². The highest BCUT2D eigenvalue weighted by atomic mass is 31.0. The van der Waals surface area contributed by atoms with Crippen molar-refractivity contribution in [1.82, 2.24) is 0 Å². The molecule has 0 bridgehead atoms. The summed E-state index contributed by atoms with van der Waals surface area (Å²) < 4.78 is 0. The minimum absolute atomic E-state index is 1.26. The Balaban J connectivity index is 2.02. The van der Waals surface area contributed by atoms with E-state index in [1.54, 1.807) is 0 Å². The molecular weight excluding hydrogens is 247 g/mol. The summed E-state index contributed by atoms with van der Waals surface area (Å²) in [4.78, 5) is 0. The molecule has 0 radical (unpaired) electrons. The van der Waals surface area contributed by atoms with Crippen LogP contribution in [0.25, 0.3) is 33.4 Å². The van der Waals surface area contributed by atoms with Crippen LogP contribution in [0, 0.1) is 0 Å². The van der Waals surface area contributed by atoms with Gasteiger partial charge in [-0.15, -0.1) is 9.24 Å². The SMILES string of the molecule is Pc1ccc2c(c1-c1ccccc1)-c1ccccc1-2. The zero-order chi connectivity index (χ0) is 12.8. The van der Waals surface area contributed by atoms with Crippen molar-refractivity contribution >= 4 is 14.5 Å². The van der Waals surface area contributed by atoms with Crippen LogP contribution >= 0.6 is 9.24 Å². The van der Waals surface area contributed by atoms with Crippen LogP contribution < -0.4 is 5.30 Å². The lowest BCUT2D eigenvalue weighted by Gasteiger charge is -2.28. The van der Waals surface area contributed by atoms with E-state index in [0.29, 0.717) is 0 Å². The van der Waals surface area contributed by atoms with E-state index in [4.69, 9.17) is 0 Å². The van der Waals surface area contributed by atoms with Crippen molar-refractivity contribution < 1.29 is 0 Å². The van der Waals surface area contributed by atoms with Crippen LogP contribution in [0.15, 0.2) is 66.7 Å². The molecular formula is C18H13P. The molecule has 0 nitrogen and oxygen atoms in total. The van der Waals surface area contributed by atoms with Gasteiger partial charge in [0.15, 0.2) is 0 Å². The lowest BCUT2D eigenvalue weighted by molar-refractivity contribution is 1.52. The van der Waals surface area contributed by atoms with E-state index < -0.39 is 0 Å². The van der Waals surface area contributed by atoms with Crippen LogP contribution in [0.3, 0.4) is 0 Å². The predicted octanol–water partition coefficient (Wildman–Crippen LogP) is 4.50. The maximum Gasteiger partial charge on any atom is -0.00141 e. The van der Waals surface area contributed by atoms with Gasteiger partial charge in [0, 0.05) is 0 Å². The Bertz CT molecular complexity index is 773. The summed E-state index contributed by atoms with van der Waals surface area (Å²) in [6.45, 7) is 0. The summed E-state index contributed by atoms with van der Waals surface area (Å²) in [6, 6.07) is 23.7. The van der Waals surface area contributed by atoms with Crippen LogP contribution in [0.4, 0.5) is 0 Å². The van der Waals surface area contributed by atoms with Gasteiger partial charge in [-0.05, 0) is 38.7 Å². The first-order chi connectivity index (χ1) is 9.36. The first-order valence-corrected chi connectivity index (χ1v) is 7.01. The molecule has 0 aromatic heterocycles. The third-order valence-corrected chi connectivity index (χ3v) is 4.27. The summed E-state index contributed by atoms with van der Waals surface area (Å²) in [6.07, 6.45) is 0. The number of hydrogen-bond acceptors (Lipinski definition) is 0. The maximum atomic E-state index is 2.87. The Kier molecular flexibility index (Phi) is 2.33. The standard InChI is InChI=1S/C18H13P/c19-16-11-10-15-13-8-4-5-9-14(13)18(15)17(16)12-6-2-1-3-7-12/h1-11H,19H2. The molecule has 3 aromatic carbocycles. The minimum atomic E-state index is 1.26. The highest BCUT2D eigenvalue weighted by Crippen LogP contribution is 2.51. The van der Waals surface area contributed by atoms with Gasteiger partial charge in [0.25, 0.3) is 0 Å². The maximum absolute atomic E-state index is 2.87. The van der Waals surface area contributed by atoms with Crippen molar-refractivity contribution in [2.24, 2.45) is 0 Å². The van der Waals surface area contributed by atoms with E-state index in [1.165, 1.54) is 38.7 Å². The zero-order valence-electron chi connectivity index (χ0n) is 10.4. The number of rotatable bonds is 1. The molecule has 90 valence electrons. The van der Waals surface area contributed by atoms with Gasteiger partial charge in [0.05, 0.1) is 0 Å². The number of fused-ring (bicyclic) bond motifs is 4. The molecule has 1 unspecified atom stereocenters. The summed E-state index contributed by atoms with van der Waals surface area (Å²) in [7, 11) is 2.87. The largest absolute Gasteiger partial charge is 0.105 e. The second-order valence-electron chi connectivity index (χ2n) is 4.86. The monoisotopic (exact) mass is 260 g/mol. The molecule has 3 aromatic rings. The summed E-state index contributed by atoms with van der Waals surface area (Å²) >= 11 is 0. The highest BCUT2D eigenvalue weighted by molar-refractivity contribution is 7.28. The molecule has 0 N–H and O–H groups in total. The van der Waals surface area contributed by atoms with E-state index >= 15 is 0 Å². The third-order valence-electron chi connectivity index (χ3n) is 3.79. The zero-order valence-corrected chi connectivity index (χ0v) is 11.6. The van der Waals surface area contributed by atoms with E-state index in [9.17, 15) is 0 Å². The van der Waals surface area contributed by atoms with Crippen molar-refractivity contribution in [2.45, 2.75) is 0 Å². The van der Waals surface area contributed by atoms with Crippen LogP contribution in [0.2, 0.25) is 0 Å². The quantitative estimate of drug-likeness (QED) is 0.442. The fraction of sp³-hybridized carbons (Fsp3) is 0. The van der Waals surface area contributed by atoms with Crippen LogP contribution in [0.5, 0.6) is 0 Å². The van der Waals surface area contributed by atoms with Gasteiger partial charge in [-0.1, -0.05) is 66.7 Å². The van der Waals surface area contributed by atoms with E-state index in [0.717, 1.165) is 0 Å². The molecule has 1 aliphatic rings. The van der Waals surface area contributed by atoms with Gasteiger partial charge in [-0.25, -0.2) is 0 Å². The number of benzene rings is 3. The van der Waals surface area contributed by atoms with Crippen LogP contribution in [-0.2, 0) is 0 Å². The first-order valence-electron chi connectivity index (χ1n) is 6.44. The fourth-order valence-electron chi connectivity index (χ4n) is 2.91. The second-order valence-corrected chi connectivity index (χ2v) is 5.49. The normalized spacial score (nSPS) is 11.4. The highest BCUT2D eigenvalue weighted by Gasteiger charge is 2.26. The minimum Gasteiger partial charge on any atom is -0.105 e. The van der Waals surface area contributed by atoms with Crippen molar-refractivity contribution in [2.75, 3.05) is 0 Å². The molecule has 0 amide bonds. The predicted molar refractivity (Wildman–Crippen MR) is 85.7 cm³/mol. The molecule has 19 heavy (non-hydrogen) atoms. The first kappa shape index (κ1) is 11.0. The van der Waals surface area contributed by atoms with E-state index in [2.05, 4.69) is 76.0 Å². The van der Waals surface area contributed by atoms with E-state index in [-0.39, 0.29) is 0 Å². The van der Waals surface area contributed by atoms with Crippen molar-refractivity contribution in [3.8, 4) is 33.4 Å². The molecule has 0 saturated heterocycles. The molecule has 1 aliphatic carbocycles. The molecule has 1 heteroatoms. The number of hydrogen-bond donors (Lipinski definition) is 0. The van der Waals surface area contributed by atoms with Gasteiger partial charge in [-0.3, -0.25) is 0 Å². The van der Waals surface area contributed by atoms with Gasteiger partial charge in [0.2, 0.25) is 0 Å². The van der Waals surface area contributed by atoms with Gasteiger partial charge in [0.1, 0.15) is 0 Å². The Morgan fingerprint density at radius 3 is 2.00 bits per heavy atom. The Morgan fingerprint density at radius 1 is 0.526 bits per heavy atom. The van der Waals surface area contributed by atoms with Crippen LogP contribution in [-0.4, -0.2) is 0 Å². The average molecular weight is 260 g/mol. The lowest BCUT2D eigenvalue weighted by Crippen LogP contribution is -2.07. The third kappa shape index (κ3) is 1.50. The van der Waals surface area contributed by atoms with Crippen molar-refractivity contribution in [3.05, 3.63) is 66.7 Å². The summed E-state index contributed by atoms with van der Waals surface area (Å²) in [5.41, 5.74) is 8.16. The molecule has 1 atom stereocenters.